The fourth-order valence-corrected chi connectivity index (χ4v) is 5.05. The Kier molecular flexibility index (Phi) is 7.44. The lowest BCUT2D eigenvalue weighted by atomic mass is 9.94. The molecule has 4 heterocycles. The van der Waals surface area contributed by atoms with Gasteiger partial charge in [-0.1, -0.05) is 24.1 Å². The zero-order valence-corrected chi connectivity index (χ0v) is 22.2. The van der Waals surface area contributed by atoms with Gasteiger partial charge in [0.2, 0.25) is 5.82 Å². The van der Waals surface area contributed by atoms with Crippen molar-refractivity contribution >= 4 is 29.0 Å². The van der Waals surface area contributed by atoms with Crippen LogP contribution < -0.4 is 15.8 Å². The molecule has 4 atom stereocenters. The van der Waals surface area contributed by atoms with Crippen molar-refractivity contribution in [3.63, 3.8) is 0 Å². The van der Waals surface area contributed by atoms with E-state index in [0.717, 1.165) is 25.7 Å². The summed E-state index contributed by atoms with van der Waals surface area (Å²) in [6, 6.07) is 9.08. The summed E-state index contributed by atoms with van der Waals surface area (Å²) < 4.78 is 12.6. The number of ether oxygens (including phenoxy) is 2. The molecule has 0 spiro atoms. The van der Waals surface area contributed by atoms with E-state index in [1.807, 2.05) is 18.2 Å². The van der Waals surface area contributed by atoms with Gasteiger partial charge >= 0.3 is 6.09 Å². The molecule has 1 saturated carbocycles. The second kappa shape index (κ2) is 11.3. The first-order valence-corrected chi connectivity index (χ1v) is 13.7. The Balaban J connectivity index is 1.09. The summed E-state index contributed by atoms with van der Waals surface area (Å²) in [6.45, 7) is 1.17. The predicted molar refractivity (Wildman–Crippen MR) is 145 cm³/mol. The van der Waals surface area contributed by atoms with Gasteiger partial charge in [0.15, 0.2) is 23.8 Å². The highest BCUT2D eigenvalue weighted by atomic mass is 16.6. The normalized spacial score (nSPS) is 24.6. The fraction of sp³-hybridized carbons (Fsp3) is 0.464. The van der Waals surface area contributed by atoms with Gasteiger partial charge in [-0.05, 0) is 49.7 Å². The topological polar surface area (TPSA) is 178 Å². The first-order valence-electron chi connectivity index (χ1n) is 13.7. The van der Waals surface area contributed by atoms with Crippen LogP contribution in [0.25, 0.3) is 11.2 Å². The van der Waals surface area contributed by atoms with Crippen molar-refractivity contribution in [1.29, 1.82) is 0 Å². The van der Waals surface area contributed by atoms with Crippen LogP contribution in [-0.4, -0.2) is 84.1 Å². The lowest BCUT2D eigenvalue weighted by Gasteiger charge is -2.30. The van der Waals surface area contributed by atoms with E-state index in [1.54, 1.807) is 17.0 Å². The highest BCUT2D eigenvalue weighted by Crippen LogP contribution is 2.33. The minimum absolute atomic E-state index is 0.0842. The van der Waals surface area contributed by atoms with E-state index < -0.39 is 30.4 Å². The number of nitrogens with zero attached hydrogens (tertiary/aromatic N) is 5. The van der Waals surface area contributed by atoms with Crippen LogP contribution >= 0.6 is 0 Å². The van der Waals surface area contributed by atoms with Crippen molar-refractivity contribution in [2.75, 3.05) is 18.8 Å². The predicted octanol–water partition coefficient (Wildman–Crippen LogP) is 0.959. The van der Waals surface area contributed by atoms with Crippen LogP contribution in [-0.2, 0) is 9.53 Å². The minimum atomic E-state index is -1.42. The molecule has 13 nitrogen and oxygen atoms in total. The number of carbonyl (C=O) groups excluding carboxylic acids is 2. The Bertz CT molecular complexity index is 1490. The van der Waals surface area contributed by atoms with Crippen molar-refractivity contribution in [2.24, 2.45) is 5.92 Å². The summed E-state index contributed by atoms with van der Waals surface area (Å²) in [5.74, 6) is 6.73. The molecule has 2 saturated heterocycles. The molecule has 13 heteroatoms. The summed E-state index contributed by atoms with van der Waals surface area (Å²) in [6.07, 6.45) is -0.147. The maximum Gasteiger partial charge on any atom is 0.415 e. The molecule has 3 fully saturated rings. The van der Waals surface area contributed by atoms with Gasteiger partial charge in [0.25, 0.3) is 5.91 Å². The summed E-state index contributed by atoms with van der Waals surface area (Å²) in [5.41, 5.74) is 6.68. The van der Waals surface area contributed by atoms with Crippen molar-refractivity contribution in [2.45, 2.75) is 62.7 Å². The average molecular weight is 562 g/mol. The fourth-order valence-electron chi connectivity index (χ4n) is 5.05. The molecule has 5 N–H and O–H groups in total. The van der Waals surface area contributed by atoms with E-state index in [0.29, 0.717) is 36.7 Å². The molecule has 1 aliphatic carbocycles. The van der Waals surface area contributed by atoms with Gasteiger partial charge in [0.1, 0.15) is 23.5 Å². The smallest absolute Gasteiger partial charge is 0.410 e. The Labute approximate surface area is 235 Å². The number of para-hydroxylation sites is 1. The number of rotatable bonds is 5. The molecule has 1 unspecified atom stereocenters. The van der Waals surface area contributed by atoms with E-state index in [1.165, 1.54) is 10.9 Å². The number of aliphatic hydroxyl groups excluding tert-OH is 2. The SMILES string of the molecule is Nc1nc(C#CCC2CCN(C(=O)Oc3ccccc3)CC2)nc2c1ncn2[C@@H]1O[C@H](C(=O)NC2CC2)[C@H](O)C1O. The van der Waals surface area contributed by atoms with Gasteiger partial charge in [-0.15, -0.1) is 0 Å². The maximum absolute atomic E-state index is 12.5. The summed E-state index contributed by atoms with van der Waals surface area (Å²) in [5, 5.41) is 23.9. The second-order valence-corrected chi connectivity index (χ2v) is 10.6. The van der Waals surface area contributed by atoms with Crippen LogP contribution in [0.15, 0.2) is 36.7 Å². The first kappa shape index (κ1) is 26.9. The van der Waals surface area contributed by atoms with Crippen LogP contribution in [0.2, 0.25) is 0 Å². The number of fused-ring (bicyclic) bond motifs is 1. The molecule has 214 valence electrons. The Morgan fingerprint density at radius 1 is 1.10 bits per heavy atom. The van der Waals surface area contributed by atoms with Crippen molar-refractivity contribution in [3.8, 4) is 17.6 Å². The number of amides is 2. The number of nitrogen functional groups attached to an aromatic ring is 1. The molecular weight excluding hydrogens is 530 g/mol. The highest BCUT2D eigenvalue weighted by molar-refractivity contribution is 5.83. The van der Waals surface area contributed by atoms with Gasteiger partial charge in [-0.25, -0.2) is 19.7 Å². The van der Waals surface area contributed by atoms with Crippen LogP contribution in [0, 0.1) is 17.8 Å². The number of aliphatic hydroxyl groups is 2. The number of nitrogens with two attached hydrogens (primary N) is 1. The molecule has 3 aromatic rings. The largest absolute Gasteiger partial charge is 0.415 e. The van der Waals surface area contributed by atoms with E-state index in [9.17, 15) is 19.8 Å². The number of hydrogen-bond donors (Lipinski definition) is 4. The summed E-state index contributed by atoms with van der Waals surface area (Å²) in [4.78, 5) is 39.6. The number of hydrogen-bond acceptors (Lipinski definition) is 10. The number of anilines is 1. The molecule has 2 aromatic heterocycles. The minimum Gasteiger partial charge on any atom is -0.410 e. The third kappa shape index (κ3) is 5.81. The summed E-state index contributed by atoms with van der Waals surface area (Å²) in [7, 11) is 0. The average Bonchev–Trinajstić information content (AvgIpc) is 3.61. The second-order valence-electron chi connectivity index (χ2n) is 10.6. The lowest BCUT2D eigenvalue weighted by molar-refractivity contribution is -0.137. The van der Waals surface area contributed by atoms with Gasteiger partial charge in [-0.3, -0.25) is 9.36 Å². The molecule has 0 radical (unpaired) electrons. The van der Waals surface area contributed by atoms with Crippen LogP contribution in [0.3, 0.4) is 0 Å². The lowest BCUT2D eigenvalue weighted by Crippen LogP contribution is -2.43. The molecule has 6 rings (SSSR count). The van der Waals surface area contributed by atoms with Crippen molar-refractivity contribution < 1.29 is 29.3 Å². The van der Waals surface area contributed by atoms with Crippen LogP contribution in [0.1, 0.15) is 44.2 Å². The number of piperidine rings is 1. The number of likely N-dealkylation sites (tertiary alicyclic amines) is 1. The van der Waals surface area contributed by atoms with Crippen LogP contribution in [0.4, 0.5) is 10.6 Å². The van der Waals surface area contributed by atoms with Gasteiger partial charge in [-0.2, -0.15) is 0 Å². The molecule has 0 bridgehead atoms. The Morgan fingerprint density at radius 3 is 2.59 bits per heavy atom. The van der Waals surface area contributed by atoms with E-state index >= 15 is 0 Å². The van der Waals surface area contributed by atoms with Gasteiger partial charge < -0.3 is 35.6 Å². The maximum atomic E-state index is 12.5. The quantitative estimate of drug-likeness (QED) is 0.328. The standard InChI is InChI=1S/C28H31N7O6/c29-24-20-25(35(15-30-20)27-22(37)21(36)23(41-27)26(38)31-17-9-10-17)33-19(32-24)8-4-5-16-11-13-34(14-12-16)28(39)40-18-6-2-1-3-7-18/h1-3,6-7,15-17,21-23,27,36-37H,5,9-14H2,(H,31,38)(H2,29,32,33)/t21-,22?,23+,27-/m1/s1. The molecule has 41 heavy (non-hydrogen) atoms. The zero-order valence-electron chi connectivity index (χ0n) is 22.2. The molecule has 2 amide bonds. The van der Waals surface area contributed by atoms with Crippen LogP contribution in [0.5, 0.6) is 5.75 Å². The van der Waals surface area contributed by atoms with E-state index in [4.69, 9.17) is 15.2 Å². The van der Waals surface area contributed by atoms with Gasteiger partial charge in [0, 0.05) is 25.6 Å². The Morgan fingerprint density at radius 2 is 1.85 bits per heavy atom. The van der Waals surface area contributed by atoms with Crippen molar-refractivity contribution in [3.05, 3.63) is 42.5 Å². The van der Waals surface area contributed by atoms with E-state index in [-0.39, 0.29) is 29.4 Å². The first-order chi connectivity index (χ1) is 19.9. The number of aromatic nitrogens is 4. The third-order valence-electron chi connectivity index (χ3n) is 7.56. The van der Waals surface area contributed by atoms with Gasteiger partial charge in [0.05, 0.1) is 6.33 Å². The summed E-state index contributed by atoms with van der Waals surface area (Å²) >= 11 is 0. The number of benzene rings is 1. The Hall–Kier alpha value is -4.25. The number of nitrogens with one attached hydrogen (secondary N) is 1. The molecular formula is C28H31N7O6. The molecule has 3 aliphatic rings. The number of carbonyl (C=O) groups is 2. The van der Waals surface area contributed by atoms with E-state index in [2.05, 4.69) is 32.1 Å². The molecule has 2 aliphatic heterocycles. The van der Waals surface area contributed by atoms with Crippen molar-refractivity contribution in [1.82, 2.24) is 29.7 Å². The number of imidazole rings is 1. The monoisotopic (exact) mass is 561 g/mol. The third-order valence-corrected chi connectivity index (χ3v) is 7.56. The zero-order chi connectivity index (χ0) is 28.5. The molecule has 1 aromatic carbocycles. The highest BCUT2D eigenvalue weighted by Gasteiger charge is 2.48.